The number of H-pyrrole nitrogens is 1. The van der Waals surface area contributed by atoms with Gasteiger partial charge >= 0.3 is 0 Å². The van der Waals surface area contributed by atoms with Gasteiger partial charge in [-0.2, -0.15) is 0 Å². The zero-order valence-corrected chi connectivity index (χ0v) is 21.9. The molecule has 5 rings (SSSR count). The average molecular weight is 517 g/mol. The molecule has 0 saturated carbocycles. The molecule has 3 heterocycles. The Morgan fingerprint density at radius 1 is 1.05 bits per heavy atom. The van der Waals surface area contributed by atoms with Gasteiger partial charge in [0.05, 0.1) is 6.61 Å². The minimum atomic E-state index is -0.769. The molecular formula is C30H36N4O4. The standard InChI is InChI=1S/C30H36N4O4/c1-20-8-9-24-15-22(20)17-32-30(37)27(16-23-18-31-26-7-3-2-6-25(23)26)33-28(35)10-11-29(36)34-13-4-5-21(19-34)12-14-38-24/h2-3,6-9,15,18,21,27,31H,4-5,10-14,16-17,19H2,1H3,(H,32,37)(H,33,35)/t21?,27-/m0/s1. The normalized spacial score (nSPS) is 21.7. The third kappa shape index (κ3) is 6.18. The van der Waals surface area contributed by atoms with Gasteiger partial charge < -0.3 is 25.3 Å². The minimum Gasteiger partial charge on any atom is -0.494 e. The fraction of sp³-hybridized carbons (Fsp3) is 0.433. The number of benzene rings is 2. The Bertz CT molecular complexity index is 1320. The van der Waals surface area contributed by atoms with Crippen molar-refractivity contribution >= 4 is 28.6 Å². The number of hydrogen-bond donors (Lipinski definition) is 3. The van der Waals surface area contributed by atoms with Crippen molar-refractivity contribution in [2.75, 3.05) is 19.7 Å². The molecule has 3 amide bonds. The first-order chi connectivity index (χ1) is 18.5. The molecule has 0 aliphatic carbocycles. The second-order valence-electron chi connectivity index (χ2n) is 10.5. The van der Waals surface area contributed by atoms with Crippen molar-refractivity contribution in [3.05, 3.63) is 65.4 Å². The molecule has 0 radical (unpaired) electrons. The van der Waals surface area contributed by atoms with Crippen LogP contribution in [0, 0.1) is 12.8 Å². The van der Waals surface area contributed by atoms with Crippen LogP contribution in [0.15, 0.2) is 48.7 Å². The van der Waals surface area contributed by atoms with Crippen molar-refractivity contribution in [2.45, 2.75) is 58.0 Å². The van der Waals surface area contributed by atoms with Gasteiger partial charge in [-0.1, -0.05) is 24.3 Å². The molecule has 4 bridgehead atoms. The molecule has 3 aromatic rings. The number of fused-ring (bicyclic) bond motifs is 5. The summed E-state index contributed by atoms with van der Waals surface area (Å²) in [6.45, 7) is 4.35. The molecule has 2 aliphatic rings. The van der Waals surface area contributed by atoms with E-state index < -0.39 is 6.04 Å². The molecular weight excluding hydrogens is 480 g/mol. The highest BCUT2D eigenvalue weighted by Crippen LogP contribution is 2.23. The number of rotatable bonds is 2. The van der Waals surface area contributed by atoms with E-state index in [2.05, 4.69) is 15.6 Å². The highest BCUT2D eigenvalue weighted by molar-refractivity contribution is 5.91. The maximum atomic E-state index is 13.4. The summed E-state index contributed by atoms with van der Waals surface area (Å²) < 4.78 is 6.06. The summed E-state index contributed by atoms with van der Waals surface area (Å²) in [6.07, 6.45) is 5.34. The predicted octanol–water partition coefficient (Wildman–Crippen LogP) is 3.62. The van der Waals surface area contributed by atoms with Gasteiger partial charge in [0.2, 0.25) is 17.7 Å². The van der Waals surface area contributed by atoms with Crippen molar-refractivity contribution in [1.29, 1.82) is 0 Å². The van der Waals surface area contributed by atoms with E-state index in [-0.39, 0.29) is 30.6 Å². The molecule has 1 saturated heterocycles. The number of ether oxygens (including phenoxy) is 1. The summed E-state index contributed by atoms with van der Waals surface area (Å²) in [4.78, 5) is 44.4. The van der Waals surface area contributed by atoms with Gasteiger partial charge in [0, 0.05) is 56.0 Å². The second-order valence-corrected chi connectivity index (χ2v) is 10.5. The van der Waals surface area contributed by atoms with Gasteiger partial charge in [-0.3, -0.25) is 14.4 Å². The third-order valence-corrected chi connectivity index (χ3v) is 7.76. The highest BCUT2D eigenvalue weighted by Gasteiger charge is 2.26. The molecule has 2 aliphatic heterocycles. The van der Waals surface area contributed by atoms with Crippen LogP contribution in [0.5, 0.6) is 5.75 Å². The Hall–Kier alpha value is -3.81. The lowest BCUT2D eigenvalue weighted by Crippen LogP contribution is -2.48. The molecule has 8 nitrogen and oxygen atoms in total. The number of carbonyl (C=O) groups is 3. The summed E-state index contributed by atoms with van der Waals surface area (Å²) in [7, 11) is 0. The highest BCUT2D eigenvalue weighted by atomic mass is 16.5. The van der Waals surface area contributed by atoms with Crippen molar-refractivity contribution in [3.8, 4) is 5.75 Å². The minimum absolute atomic E-state index is 0.00677. The smallest absolute Gasteiger partial charge is 0.243 e. The van der Waals surface area contributed by atoms with Crippen LogP contribution in [0.1, 0.15) is 48.8 Å². The summed E-state index contributed by atoms with van der Waals surface area (Å²) in [5, 5.41) is 6.94. The molecule has 2 aromatic carbocycles. The van der Waals surface area contributed by atoms with Crippen molar-refractivity contribution in [1.82, 2.24) is 20.5 Å². The predicted molar refractivity (Wildman–Crippen MR) is 146 cm³/mol. The number of aromatic nitrogens is 1. The van der Waals surface area contributed by atoms with Crippen molar-refractivity contribution < 1.29 is 19.1 Å². The van der Waals surface area contributed by atoms with E-state index in [4.69, 9.17) is 4.74 Å². The average Bonchev–Trinajstić information content (AvgIpc) is 3.34. The zero-order valence-electron chi connectivity index (χ0n) is 21.9. The van der Waals surface area contributed by atoms with Crippen molar-refractivity contribution in [2.24, 2.45) is 5.92 Å². The number of para-hydroxylation sites is 1. The third-order valence-electron chi connectivity index (χ3n) is 7.76. The Morgan fingerprint density at radius 2 is 1.92 bits per heavy atom. The number of nitrogens with one attached hydrogen (secondary N) is 3. The topological polar surface area (TPSA) is 104 Å². The number of hydrogen-bond acceptors (Lipinski definition) is 4. The van der Waals surface area contributed by atoms with E-state index >= 15 is 0 Å². The van der Waals surface area contributed by atoms with Gasteiger partial charge in [-0.05, 0) is 67.0 Å². The van der Waals surface area contributed by atoms with Crippen LogP contribution in [-0.4, -0.2) is 53.3 Å². The number of aromatic amines is 1. The Balaban J connectivity index is 1.38. The first-order valence-corrected chi connectivity index (χ1v) is 13.6. The van der Waals surface area contributed by atoms with Crippen LogP contribution < -0.4 is 15.4 Å². The summed E-state index contributed by atoms with van der Waals surface area (Å²) in [5.41, 5.74) is 3.96. The number of carbonyl (C=O) groups excluding carboxylic acids is 3. The Labute approximate surface area is 223 Å². The van der Waals surface area contributed by atoms with Crippen LogP contribution >= 0.6 is 0 Å². The van der Waals surface area contributed by atoms with Gasteiger partial charge in [0.1, 0.15) is 11.8 Å². The molecule has 200 valence electrons. The summed E-state index contributed by atoms with van der Waals surface area (Å²) >= 11 is 0. The van der Waals surface area contributed by atoms with E-state index in [1.54, 1.807) is 0 Å². The molecule has 8 heteroatoms. The first-order valence-electron chi connectivity index (χ1n) is 13.6. The monoisotopic (exact) mass is 516 g/mol. The number of piperidine rings is 1. The van der Waals surface area contributed by atoms with E-state index in [1.165, 1.54) is 0 Å². The van der Waals surface area contributed by atoms with Gasteiger partial charge in [0.15, 0.2) is 0 Å². The van der Waals surface area contributed by atoms with Crippen LogP contribution in [-0.2, 0) is 27.3 Å². The lowest BCUT2D eigenvalue weighted by molar-refractivity contribution is -0.135. The van der Waals surface area contributed by atoms with Crippen LogP contribution in [0.3, 0.4) is 0 Å². The molecule has 0 spiro atoms. The first kappa shape index (κ1) is 25.8. The number of nitrogens with zero attached hydrogens (tertiary/aromatic N) is 1. The number of amides is 3. The Morgan fingerprint density at radius 3 is 2.82 bits per heavy atom. The van der Waals surface area contributed by atoms with Crippen LogP contribution in [0.4, 0.5) is 0 Å². The SMILES string of the molecule is Cc1ccc2cc1CNC(=O)[C@H](Cc1c[nH]c3ccccc13)NC(=O)CCC(=O)N1CCCC(CCO2)C1. The summed E-state index contributed by atoms with van der Waals surface area (Å²) in [5.74, 6) is 0.603. The van der Waals surface area contributed by atoms with Crippen LogP contribution in [0.25, 0.3) is 10.9 Å². The van der Waals surface area contributed by atoms with Gasteiger partial charge in [-0.25, -0.2) is 0 Å². The fourth-order valence-corrected chi connectivity index (χ4v) is 5.48. The summed E-state index contributed by atoms with van der Waals surface area (Å²) in [6, 6.07) is 13.1. The quantitative estimate of drug-likeness (QED) is 0.484. The van der Waals surface area contributed by atoms with E-state index in [9.17, 15) is 14.4 Å². The molecule has 3 N–H and O–H groups in total. The Kier molecular flexibility index (Phi) is 7.96. The molecule has 38 heavy (non-hydrogen) atoms. The molecule has 1 fully saturated rings. The van der Waals surface area contributed by atoms with Crippen molar-refractivity contribution in [3.63, 3.8) is 0 Å². The number of aryl methyl sites for hydroxylation is 1. The fourth-order valence-electron chi connectivity index (χ4n) is 5.48. The van der Waals surface area contributed by atoms with E-state index in [0.717, 1.165) is 59.2 Å². The lowest BCUT2D eigenvalue weighted by Gasteiger charge is -2.33. The van der Waals surface area contributed by atoms with Crippen LogP contribution in [0.2, 0.25) is 0 Å². The van der Waals surface area contributed by atoms with Gasteiger partial charge in [0.25, 0.3) is 0 Å². The maximum Gasteiger partial charge on any atom is 0.243 e. The molecule has 1 aromatic heterocycles. The maximum absolute atomic E-state index is 13.4. The molecule has 1 unspecified atom stereocenters. The second kappa shape index (κ2) is 11.7. The van der Waals surface area contributed by atoms with Gasteiger partial charge in [-0.15, -0.1) is 0 Å². The van der Waals surface area contributed by atoms with E-state index in [1.807, 2.05) is 60.5 Å². The molecule has 2 atom stereocenters. The zero-order chi connectivity index (χ0) is 26.5. The largest absolute Gasteiger partial charge is 0.494 e. The lowest BCUT2D eigenvalue weighted by atomic mass is 9.95. The van der Waals surface area contributed by atoms with E-state index in [0.29, 0.717) is 32.0 Å².